The van der Waals surface area contributed by atoms with E-state index in [1.165, 1.54) is 22.7 Å². The average molecular weight is 654 g/mol. The maximum atomic E-state index is 8.52. The number of anilines is 4. The number of nitrogens with two attached hydrogens (primary N) is 1. The number of aromatic amines is 1. The molecule has 46 heavy (non-hydrogen) atoms. The number of fused-ring (bicyclic) bond motifs is 2. The molecule has 0 amide bonds. The number of likely N-dealkylation sites (N-methyl/N-ethyl adjacent to an activating group) is 4. The van der Waals surface area contributed by atoms with E-state index in [0.29, 0.717) is 5.95 Å². The van der Waals surface area contributed by atoms with Gasteiger partial charge in [0.15, 0.2) is 0 Å². The molecule has 250 valence electrons. The van der Waals surface area contributed by atoms with Gasteiger partial charge in [0, 0.05) is 75.2 Å². The summed E-state index contributed by atoms with van der Waals surface area (Å²) >= 11 is 0. The second-order valence-electron chi connectivity index (χ2n) is 10.3. The molecule has 15 heteroatoms. The standard InChI is InChI=1S/C15H20N6.C12H18N2.C4H6N2.H2O4S/c1-3-20-9-10-21(4-2)14-11-12(5-6-13(14)20)18-19-15-16-7-8-17-15;1-3-13-9-10-14(4-2)12-8-6-5-7-11(12)13;5-4-2-1-3-6-4;1-5(2,3)4/h5-8,11H,3-4,9-10H2,1-2H3,(H,16,17);5-8H,3-4,9-10H2,1-2H3;1,3H,2H2,(H2,5,6);(H2,1,2,3,4)/p-1. The van der Waals surface area contributed by atoms with Crippen LogP contribution in [0.2, 0.25) is 0 Å². The molecule has 14 nitrogen and oxygen atoms in total. The lowest BCUT2D eigenvalue weighted by atomic mass is 10.1. The molecule has 0 bridgehead atoms. The Hall–Kier alpha value is -4.47. The van der Waals surface area contributed by atoms with Gasteiger partial charge in [-0.2, -0.15) is 0 Å². The zero-order valence-corrected chi connectivity index (χ0v) is 27.8. The van der Waals surface area contributed by atoms with Gasteiger partial charge in [0.1, 0.15) is 0 Å². The molecule has 0 aliphatic carbocycles. The number of nitrogens with zero attached hydrogens (tertiary/aromatic N) is 7. The highest BCUT2D eigenvalue weighted by Crippen LogP contribution is 2.36. The third-order valence-corrected chi connectivity index (χ3v) is 7.48. The summed E-state index contributed by atoms with van der Waals surface area (Å²) in [5.41, 5.74) is 11.4. The molecule has 1 aromatic heterocycles. The van der Waals surface area contributed by atoms with Crippen LogP contribution in [0, 0.1) is 0 Å². The summed E-state index contributed by atoms with van der Waals surface area (Å²) in [4.78, 5) is 19.5. The fraction of sp³-hybridized carbons (Fsp3) is 0.419. The van der Waals surface area contributed by atoms with E-state index in [-0.39, 0.29) is 0 Å². The van der Waals surface area contributed by atoms with Gasteiger partial charge in [0.05, 0.1) is 41.1 Å². The lowest BCUT2D eigenvalue weighted by Gasteiger charge is -2.38. The summed E-state index contributed by atoms with van der Waals surface area (Å²) in [6.07, 6.45) is 8.11. The highest BCUT2D eigenvalue weighted by Gasteiger charge is 2.21. The van der Waals surface area contributed by atoms with Crippen molar-refractivity contribution in [2.45, 2.75) is 34.1 Å². The molecule has 0 radical (unpaired) electrons. The molecule has 0 saturated heterocycles. The monoisotopic (exact) mass is 653 g/mol. The minimum absolute atomic E-state index is 0.523. The number of benzene rings is 2. The number of H-pyrrole nitrogens is 1. The first-order chi connectivity index (χ1) is 22.1. The van der Waals surface area contributed by atoms with Crippen LogP contribution in [0.5, 0.6) is 0 Å². The Bertz CT molecular complexity index is 1520. The molecule has 6 rings (SSSR count). The Kier molecular flexibility index (Phi) is 14.0. The van der Waals surface area contributed by atoms with Crippen LogP contribution >= 0.6 is 0 Å². The van der Waals surface area contributed by atoms with Crippen molar-refractivity contribution in [3.8, 4) is 0 Å². The number of amidine groups is 1. The van der Waals surface area contributed by atoms with Crippen molar-refractivity contribution in [3.63, 3.8) is 0 Å². The number of rotatable bonds is 6. The normalized spacial score (nSPS) is 15.1. The Balaban J connectivity index is 0.000000196. The number of imidazole rings is 1. The third-order valence-electron chi connectivity index (χ3n) is 7.48. The van der Waals surface area contributed by atoms with Gasteiger partial charge in [-0.1, -0.05) is 12.1 Å². The molecule has 0 atom stereocenters. The molecule has 0 spiro atoms. The molecule has 0 saturated carbocycles. The van der Waals surface area contributed by atoms with Crippen molar-refractivity contribution >= 4 is 50.6 Å². The zero-order valence-electron chi connectivity index (χ0n) is 27.0. The van der Waals surface area contributed by atoms with Gasteiger partial charge >= 0.3 is 0 Å². The maximum absolute atomic E-state index is 8.52. The van der Waals surface area contributed by atoms with Gasteiger partial charge in [0.25, 0.3) is 0 Å². The fourth-order valence-corrected chi connectivity index (χ4v) is 5.20. The van der Waals surface area contributed by atoms with Crippen molar-refractivity contribution in [1.82, 2.24) is 9.97 Å². The molecular formula is C31H45N10O4S-. The predicted octanol–water partition coefficient (Wildman–Crippen LogP) is 2.85. The van der Waals surface area contributed by atoms with Gasteiger partial charge in [-0.05, 0) is 64.1 Å². The lowest BCUT2D eigenvalue weighted by molar-refractivity contribution is -0.370. The Morgan fingerprint density at radius 1 is 0.826 bits per heavy atom. The van der Waals surface area contributed by atoms with Crippen LogP contribution in [0.3, 0.4) is 0 Å². The molecule has 2 aromatic carbocycles. The van der Waals surface area contributed by atoms with Crippen LogP contribution in [-0.4, -0.2) is 85.7 Å². The Morgan fingerprint density at radius 2 is 1.33 bits per heavy atom. The minimum atomic E-state index is -5.17. The number of nitrogens with one attached hydrogen (secondary N) is 2. The number of aromatic nitrogens is 2. The van der Waals surface area contributed by atoms with Gasteiger partial charge < -0.3 is 33.7 Å². The lowest BCUT2D eigenvalue weighted by Crippen LogP contribution is -2.66. The summed E-state index contributed by atoms with van der Waals surface area (Å²) in [6.45, 7) is 17.5. The quantitative estimate of drug-likeness (QED) is 0.203. The van der Waals surface area contributed by atoms with Crippen molar-refractivity contribution in [2.75, 3.05) is 72.0 Å². The van der Waals surface area contributed by atoms with Gasteiger partial charge in [0.2, 0.25) is 11.8 Å². The van der Waals surface area contributed by atoms with E-state index in [0.717, 1.165) is 70.3 Å². The summed E-state index contributed by atoms with van der Waals surface area (Å²) in [5, 5.41) is 8.36. The van der Waals surface area contributed by atoms with E-state index in [9.17, 15) is 0 Å². The molecule has 0 fully saturated rings. The van der Waals surface area contributed by atoms with E-state index in [1.54, 1.807) is 12.4 Å². The first-order valence-electron chi connectivity index (χ1n) is 15.4. The van der Waals surface area contributed by atoms with Gasteiger partial charge in [-0.15, -0.1) is 10.2 Å². The predicted molar refractivity (Wildman–Crippen MR) is 182 cm³/mol. The first-order valence-corrected chi connectivity index (χ1v) is 16.7. The minimum Gasteiger partial charge on any atom is -0.759 e. The first kappa shape index (κ1) is 36.0. The summed E-state index contributed by atoms with van der Waals surface area (Å²) in [5.74, 6) is 1.37. The van der Waals surface area contributed by atoms with E-state index in [4.69, 9.17) is 23.3 Å². The SMILES string of the molecule is CCN1CCN(CC)c2cc(N=Nc3ncc[nH]3)ccc21.CCN1CCN(CC)c2ccccc21.NC1=[NH+]C=CC1.O=S(=O)([O-])[O-]. The maximum Gasteiger partial charge on any atom is 0.248 e. The van der Waals surface area contributed by atoms with Crippen LogP contribution in [-0.2, 0) is 10.4 Å². The Labute approximate surface area is 271 Å². The topological polar surface area (TPSA) is 187 Å². The van der Waals surface area contributed by atoms with Crippen LogP contribution in [0.25, 0.3) is 0 Å². The molecule has 0 unspecified atom stereocenters. The van der Waals surface area contributed by atoms with E-state index in [2.05, 4.69) is 109 Å². The van der Waals surface area contributed by atoms with Crippen LogP contribution in [0.1, 0.15) is 34.1 Å². The molecule has 4 heterocycles. The summed E-state index contributed by atoms with van der Waals surface area (Å²) in [7, 11) is -5.17. The van der Waals surface area contributed by atoms with Gasteiger partial charge in [-0.3, -0.25) is 19.1 Å². The number of azo groups is 1. The smallest absolute Gasteiger partial charge is 0.248 e. The highest BCUT2D eigenvalue weighted by atomic mass is 32.3. The van der Waals surface area contributed by atoms with Crippen molar-refractivity contribution in [3.05, 3.63) is 67.1 Å². The summed E-state index contributed by atoms with van der Waals surface area (Å²) < 4.78 is 34.1. The van der Waals surface area contributed by atoms with E-state index >= 15 is 0 Å². The van der Waals surface area contributed by atoms with Crippen molar-refractivity contribution in [1.29, 1.82) is 0 Å². The van der Waals surface area contributed by atoms with E-state index in [1.807, 2.05) is 18.3 Å². The number of hydrogen-bond donors (Lipinski definition) is 3. The van der Waals surface area contributed by atoms with Crippen molar-refractivity contribution < 1.29 is 22.5 Å². The van der Waals surface area contributed by atoms with Crippen LogP contribution < -0.4 is 30.3 Å². The molecule has 3 aromatic rings. The fourth-order valence-electron chi connectivity index (χ4n) is 5.20. The molecular weight excluding hydrogens is 608 g/mol. The third kappa shape index (κ3) is 11.2. The Morgan fingerprint density at radius 3 is 1.72 bits per heavy atom. The second kappa shape index (κ2) is 17.9. The number of hydrogen-bond acceptors (Lipinski definition) is 12. The molecule has 3 aliphatic heterocycles. The molecule has 3 aliphatic rings. The average Bonchev–Trinajstić information content (AvgIpc) is 3.76. The zero-order chi connectivity index (χ0) is 33.5. The van der Waals surface area contributed by atoms with Crippen LogP contribution in [0.15, 0.2) is 77.4 Å². The largest absolute Gasteiger partial charge is 0.759 e. The molecule has 4 N–H and O–H groups in total. The van der Waals surface area contributed by atoms with Gasteiger partial charge in [-0.25, -0.2) is 4.98 Å². The highest BCUT2D eigenvalue weighted by molar-refractivity contribution is 7.79. The summed E-state index contributed by atoms with van der Waals surface area (Å²) in [6, 6.07) is 14.9. The number of para-hydroxylation sites is 2. The second-order valence-corrected chi connectivity index (χ2v) is 11.1. The van der Waals surface area contributed by atoms with Crippen molar-refractivity contribution in [2.24, 2.45) is 16.0 Å². The van der Waals surface area contributed by atoms with Crippen LogP contribution in [0.4, 0.5) is 34.4 Å². The van der Waals surface area contributed by atoms with E-state index < -0.39 is 10.4 Å².